The van der Waals surface area contributed by atoms with Gasteiger partial charge in [-0.15, -0.1) is 0 Å². The maximum Gasteiger partial charge on any atom is 0.363 e. The van der Waals surface area contributed by atoms with Crippen LogP contribution in [-0.4, -0.2) is 29.1 Å². The number of nitrogens with zero attached hydrogens (tertiary/aromatic N) is 3. The highest BCUT2D eigenvalue weighted by Crippen LogP contribution is 2.33. The zero-order valence-corrected chi connectivity index (χ0v) is 23.1. The van der Waals surface area contributed by atoms with Crippen molar-refractivity contribution < 1.29 is 23.9 Å². The van der Waals surface area contributed by atoms with Gasteiger partial charge in [-0.2, -0.15) is 0 Å². The lowest BCUT2D eigenvalue weighted by atomic mass is 10.1. The van der Waals surface area contributed by atoms with Gasteiger partial charge in [0.2, 0.25) is 0 Å². The van der Waals surface area contributed by atoms with Crippen molar-refractivity contribution in [3.8, 4) is 34.5 Å². The van der Waals surface area contributed by atoms with Gasteiger partial charge in [-0.3, -0.25) is 0 Å². The number of methoxy groups -OCH3 is 2. The topological polar surface area (TPSA) is 132 Å². The van der Waals surface area contributed by atoms with Crippen LogP contribution in [0.5, 0.6) is 34.5 Å². The highest BCUT2D eigenvalue weighted by molar-refractivity contribution is 5.47. The number of rotatable bonds is 11. The Labute approximate surface area is 233 Å². The first-order chi connectivity index (χ1) is 19.4. The molecule has 0 aliphatic rings. The molecule has 10 heteroatoms. The van der Waals surface area contributed by atoms with Gasteiger partial charge < -0.3 is 34.8 Å². The van der Waals surface area contributed by atoms with Gasteiger partial charge in [-0.05, 0) is 76.3 Å². The molecule has 2 N–H and O–H groups in total. The third kappa shape index (κ3) is 8.59. The van der Waals surface area contributed by atoms with Crippen LogP contribution in [0.1, 0.15) is 37.8 Å². The van der Waals surface area contributed by atoms with Gasteiger partial charge in [-0.1, -0.05) is 38.8 Å². The van der Waals surface area contributed by atoms with Crippen LogP contribution in [0.25, 0.3) is 0 Å². The zero-order chi connectivity index (χ0) is 28.9. The molecule has 0 radical (unpaired) electrons. The molecule has 2 aromatic heterocycles. The van der Waals surface area contributed by atoms with Crippen molar-refractivity contribution in [3.63, 3.8) is 0 Å². The molecule has 0 atom stereocenters. The molecule has 10 nitrogen and oxygen atoms in total. The second kappa shape index (κ2) is 14.9. The Hall–Kier alpha value is -4.86. The number of ether oxygens (including phenoxy) is 4. The Morgan fingerprint density at radius 2 is 1.23 bits per heavy atom. The summed E-state index contributed by atoms with van der Waals surface area (Å²) >= 11 is 0. The Morgan fingerprint density at radius 3 is 1.60 bits per heavy atom. The van der Waals surface area contributed by atoms with Gasteiger partial charge in [0.1, 0.15) is 11.6 Å². The molecule has 2 aromatic carbocycles. The number of pyridine rings is 2. The molecular formula is C30H34N4O6. The van der Waals surface area contributed by atoms with Crippen LogP contribution in [0.3, 0.4) is 0 Å². The Balaban J connectivity index is 0.000000222. The number of nitro groups is 1. The molecule has 2 heterocycles. The predicted octanol–water partition coefficient (Wildman–Crippen LogP) is 7.16. The summed E-state index contributed by atoms with van der Waals surface area (Å²) in [6.45, 7) is 4.26. The number of nitrogens with two attached hydrogens (primary N) is 1. The van der Waals surface area contributed by atoms with Crippen LogP contribution in [-0.2, 0) is 12.8 Å². The number of aryl methyl sites for hydroxylation is 2. The molecule has 40 heavy (non-hydrogen) atoms. The lowest BCUT2D eigenvalue weighted by Crippen LogP contribution is -1.94. The first-order valence-corrected chi connectivity index (χ1v) is 12.9. The first kappa shape index (κ1) is 29.7. The average Bonchev–Trinajstić information content (AvgIpc) is 2.96. The predicted molar refractivity (Wildman–Crippen MR) is 154 cm³/mol. The first-order valence-electron chi connectivity index (χ1n) is 12.9. The molecule has 0 fully saturated rings. The molecule has 0 unspecified atom stereocenters. The van der Waals surface area contributed by atoms with Crippen LogP contribution < -0.4 is 24.7 Å². The zero-order valence-electron chi connectivity index (χ0n) is 23.1. The number of nitrogen functional groups attached to an aromatic ring is 1. The number of anilines is 1. The summed E-state index contributed by atoms with van der Waals surface area (Å²) in [5.41, 5.74) is 7.95. The Morgan fingerprint density at radius 1 is 0.725 bits per heavy atom. The molecule has 0 aliphatic carbocycles. The average molecular weight is 547 g/mol. The van der Waals surface area contributed by atoms with Crippen LogP contribution in [0.15, 0.2) is 73.1 Å². The minimum atomic E-state index is -0.552. The Bertz CT molecular complexity index is 1380. The van der Waals surface area contributed by atoms with Gasteiger partial charge in [-0.25, -0.2) is 4.98 Å². The van der Waals surface area contributed by atoms with Gasteiger partial charge in [0.25, 0.3) is 0 Å². The van der Waals surface area contributed by atoms with Gasteiger partial charge in [0.05, 0.1) is 20.4 Å². The third-order valence-corrected chi connectivity index (χ3v) is 5.66. The number of hydrogen-bond acceptors (Lipinski definition) is 9. The van der Waals surface area contributed by atoms with Crippen LogP contribution in [0, 0.1) is 10.1 Å². The fourth-order valence-corrected chi connectivity index (χ4v) is 3.73. The van der Waals surface area contributed by atoms with Crippen molar-refractivity contribution in [1.29, 1.82) is 0 Å². The van der Waals surface area contributed by atoms with E-state index in [1.807, 2.05) is 36.4 Å². The molecule has 210 valence electrons. The quantitative estimate of drug-likeness (QED) is 0.154. The van der Waals surface area contributed by atoms with E-state index in [1.165, 1.54) is 29.5 Å². The molecule has 4 aromatic rings. The van der Waals surface area contributed by atoms with E-state index >= 15 is 0 Å². The van der Waals surface area contributed by atoms with Crippen molar-refractivity contribution in [1.82, 2.24) is 9.97 Å². The van der Waals surface area contributed by atoms with E-state index in [0.717, 1.165) is 31.4 Å². The summed E-state index contributed by atoms with van der Waals surface area (Å²) in [6.07, 6.45) is 7.06. The van der Waals surface area contributed by atoms with E-state index in [-0.39, 0.29) is 5.82 Å². The standard InChI is InChI=1S/C15H16N2O4.C15H18N2O2/c1-3-4-11-5-7-13(14(9-11)20-2)21-12-6-8-15(16-10-12)17(18)19;1-3-4-11-5-7-13(14(9-11)18-2)19-12-6-8-15(16)17-10-12/h5-10H,3-4H2,1-2H3;5-10H,3-4H2,1-2H3,(H2,16,17). The maximum absolute atomic E-state index is 10.6. The lowest BCUT2D eigenvalue weighted by Gasteiger charge is -2.11. The molecule has 0 amide bonds. The summed E-state index contributed by atoms with van der Waals surface area (Å²) in [6, 6.07) is 18.0. The van der Waals surface area contributed by atoms with E-state index in [2.05, 4.69) is 23.8 Å². The monoisotopic (exact) mass is 546 g/mol. The van der Waals surface area contributed by atoms with E-state index in [1.54, 1.807) is 32.5 Å². The molecule has 0 spiro atoms. The van der Waals surface area contributed by atoms with E-state index < -0.39 is 4.92 Å². The van der Waals surface area contributed by atoms with E-state index in [0.29, 0.717) is 34.6 Å². The highest BCUT2D eigenvalue weighted by atomic mass is 16.6. The van der Waals surface area contributed by atoms with Crippen molar-refractivity contribution in [2.24, 2.45) is 0 Å². The van der Waals surface area contributed by atoms with Gasteiger partial charge in [0, 0.05) is 6.07 Å². The number of benzene rings is 2. The fourth-order valence-electron chi connectivity index (χ4n) is 3.73. The van der Waals surface area contributed by atoms with E-state index in [4.69, 9.17) is 24.7 Å². The van der Waals surface area contributed by atoms with Crippen LogP contribution >= 0.6 is 0 Å². The highest BCUT2D eigenvalue weighted by Gasteiger charge is 2.11. The number of hydrogen-bond donors (Lipinski definition) is 1. The van der Waals surface area contributed by atoms with E-state index in [9.17, 15) is 10.1 Å². The minimum absolute atomic E-state index is 0.215. The van der Waals surface area contributed by atoms with Crippen LogP contribution in [0.2, 0.25) is 0 Å². The molecule has 0 saturated carbocycles. The molecule has 0 aliphatic heterocycles. The van der Waals surface area contributed by atoms with Gasteiger partial charge in [0.15, 0.2) is 34.9 Å². The second-order valence-electron chi connectivity index (χ2n) is 8.70. The molecular weight excluding hydrogens is 512 g/mol. The maximum atomic E-state index is 10.6. The summed E-state index contributed by atoms with van der Waals surface area (Å²) in [4.78, 5) is 17.7. The van der Waals surface area contributed by atoms with Gasteiger partial charge >= 0.3 is 5.82 Å². The second-order valence-corrected chi connectivity index (χ2v) is 8.70. The van der Waals surface area contributed by atoms with Crippen molar-refractivity contribution in [2.45, 2.75) is 39.5 Å². The van der Waals surface area contributed by atoms with Crippen molar-refractivity contribution in [2.75, 3.05) is 20.0 Å². The molecule has 0 saturated heterocycles. The fraction of sp³-hybridized carbons (Fsp3) is 0.267. The summed E-state index contributed by atoms with van der Waals surface area (Å²) in [5.74, 6) is 3.88. The normalized spacial score (nSPS) is 10.2. The number of aromatic nitrogens is 2. The largest absolute Gasteiger partial charge is 0.493 e. The molecule has 4 rings (SSSR count). The smallest absolute Gasteiger partial charge is 0.363 e. The Kier molecular flexibility index (Phi) is 11.1. The van der Waals surface area contributed by atoms with Crippen molar-refractivity contribution in [3.05, 3.63) is 94.3 Å². The van der Waals surface area contributed by atoms with Crippen LogP contribution in [0.4, 0.5) is 11.6 Å². The summed E-state index contributed by atoms with van der Waals surface area (Å²) < 4.78 is 22.1. The minimum Gasteiger partial charge on any atom is -0.493 e. The molecule has 0 bridgehead atoms. The SMILES string of the molecule is CCCc1ccc(Oc2ccc(N)nc2)c(OC)c1.CCCc1ccc(Oc2ccc([N+](=O)[O-])nc2)c(OC)c1. The lowest BCUT2D eigenvalue weighted by molar-refractivity contribution is -0.389. The summed E-state index contributed by atoms with van der Waals surface area (Å²) in [7, 11) is 3.21. The van der Waals surface area contributed by atoms with Crippen molar-refractivity contribution >= 4 is 11.6 Å². The third-order valence-electron chi connectivity index (χ3n) is 5.66. The summed E-state index contributed by atoms with van der Waals surface area (Å²) in [5, 5.41) is 10.6.